The summed E-state index contributed by atoms with van der Waals surface area (Å²) in [6.45, 7) is 5.43. The predicted molar refractivity (Wildman–Crippen MR) is 65.1 cm³/mol. The second-order valence-electron chi connectivity index (χ2n) is 5.36. The molecule has 0 saturated heterocycles. The maximum Gasteiger partial charge on any atom is 0.329 e. The Morgan fingerprint density at radius 3 is 2.56 bits per heavy atom. The Balaban J connectivity index is 2.42. The first-order valence-corrected chi connectivity index (χ1v) is 6.17. The van der Waals surface area contributed by atoms with E-state index in [2.05, 4.69) is 19.2 Å². The van der Waals surface area contributed by atoms with Gasteiger partial charge < -0.3 is 10.4 Å². The minimum Gasteiger partial charge on any atom is -0.478 e. The van der Waals surface area contributed by atoms with Crippen molar-refractivity contribution in [2.75, 3.05) is 6.54 Å². The van der Waals surface area contributed by atoms with Crippen LogP contribution in [0.4, 0.5) is 0 Å². The van der Waals surface area contributed by atoms with E-state index in [1.165, 1.54) is 32.1 Å². The molecular formula is C13H23NO2. The van der Waals surface area contributed by atoms with Gasteiger partial charge in [-0.1, -0.05) is 26.7 Å². The average molecular weight is 225 g/mol. The minimum absolute atomic E-state index is 0.400. The molecule has 92 valence electrons. The Morgan fingerprint density at radius 2 is 2.06 bits per heavy atom. The van der Waals surface area contributed by atoms with E-state index in [0.29, 0.717) is 11.3 Å². The molecular weight excluding hydrogens is 202 g/mol. The van der Waals surface area contributed by atoms with Gasteiger partial charge in [0.05, 0.1) is 0 Å². The lowest BCUT2D eigenvalue weighted by atomic mass is 9.78. The summed E-state index contributed by atoms with van der Waals surface area (Å²) in [6.07, 6.45) is 9.15. The van der Waals surface area contributed by atoms with Gasteiger partial charge in [-0.3, -0.25) is 0 Å². The normalized spacial score (nSPS) is 19.4. The summed E-state index contributed by atoms with van der Waals surface area (Å²) in [7, 11) is 0. The van der Waals surface area contributed by atoms with Crippen LogP contribution >= 0.6 is 0 Å². The standard InChI is InChI=1S/C13H23NO2/c1-11(2)9-13(6-3-4-7-13)10-14-8-5-12(15)16/h5,8,11,14H,3-4,6-7,9-10H2,1-2H3,(H,15,16)/b8-5+. The van der Waals surface area contributed by atoms with Gasteiger partial charge >= 0.3 is 5.97 Å². The van der Waals surface area contributed by atoms with Crippen LogP contribution in [-0.4, -0.2) is 17.6 Å². The highest BCUT2D eigenvalue weighted by Gasteiger charge is 2.33. The van der Waals surface area contributed by atoms with Gasteiger partial charge in [0.25, 0.3) is 0 Å². The summed E-state index contributed by atoms with van der Waals surface area (Å²) >= 11 is 0. The molecule has 16 heavy (non-hydrogen) atoms. The van der Waals surface area contributed by atoms with Gasteiger partial charge in [-0.05, 0) is 30.6 Å². The molecule has 0 bridgehead atoms. The fraction of sp³-hybridized carbons (Fsp3) is 0.769. The first-order chi connectivity index (χ1) is 7.54. The molecule has 0 aromatic heterocycles. The Morgan fingerprint density at radius 1 is 1.44 bits per heavy atom. The first kappa shape index (κ1) is 13.1. The fourth-order valence-corrected chi connectivity index (χ4v) is 2.85. The molecule has 1 saturated carbocycles. The summed E-state index contributed by atoms with van der Waals surface area (Å²) in [5, 5.41) is 11.6. The number of carboxylic acids is 1. The van der Waals surface area contributed by atoms with Crippen LogP contribution in [0.3, 0.4) is 0 Å². The molecule has 0 spiro atoms. The largest absolute Gasteiger partial charge is 0.478 e. The molecule has 0 aliphatic heterocycles. The molecule has 1 fully saturated rings. The SMILES string of the molecule is CC(C)CC1(CN/C=C/C(=O)O)CCCC1. The molecule has 0 amide bonds. The summed E-state index contributed by atoms with van der Waals surface area (Å²) in [5.41, 5.74) is 0.400. The van der Waals surface area contributed by atoms with Crippen molar-refractivity contribution < 1.29 is 9.90 Å². The first-order valence-electron chi connectivity index (χ1n) is 6.17. The minimum atomic E-state index is -0.892. The van der Waals surface area contributed by atoms with Crippen LogP contribution in [0.25, 0.3) is 0 Å². The zero-order chi connectivity index (χ0) is 12.0. The third-order valence-electron chi connectivity index (χ3n) is 3.33. The quantitative estimate of drug-likeness (QED) is 0.683. The number of nitrogens with one attached hydrogen (secondary N) is 1. The Bertz CT molecular complexity index is 253. The Hall–Kier alpha value is -0.990. The van der Waals surface area contributed by atoms with Crippen LogP contribution in [0.2, 0.25) is 0 Å². The zero-order valence-electron chi connectivity index (χ0n) is 10.3. The van der Waals surface area contributed by atoms with E-state index < -0.39 is 5.97 Å². The Labute approximate surface area is 97.9 Å². The lowest BCUT2D eigenvalue weighted by Crippen LogP contribution is -2.31. The lowest BCUT2D eigenvalue weighted by molar-refractivity contribution is -0.131. The van der Waals surface area contributed by atoms with Crippen molar-refractivity contribution in [2.24, 2.45) is 11.3 Å². The van der Waals surface area contributed by atoms with Crippen LogP contribution in [-0.2, 0) is 4.79 Å². The van der Waals surface area contributed by atoms with Crippen molar-refractivity contribution in [3.05, 3.63) is 12.3 Å². The molecule has 0 unspecified atom stereocenters. The molecule has 0 atom stereocenters. The van der Waals surface area contributed by atoms with Crippen molar-refractivity contribution in [1.29, 1.82) is 0 Å². The number of aliphatic carboxylic acids is 1. The smallest absolute Gasteiger partial charge is 0.329 e. The molecule has 2 N–H and O–H groups in total. The molecule has 0 heterocycles. The van der Waals surface area contributed by atoms with Gasteiger partial charge in [0.15, 0.2) is 0 Å². The van der Waals surface area contributed by atoms with E-state index in [1.807, 2.05) is 0 Å². The van der Waals surface area contributed by atoms with Gasteiger partial charge in [-0.2, -0.15) is 0 Å². The Kier molecular flexibility index (Phi) is 4.84. The van der Waals surface area contributed by atoms with Gasteiger partial charge in [0, 0.05) is 18.8 Å². The molecule has 1 aliphatic rings. The van der Waals surface area contributed by atoms with Crippen LogP contribution in [0, 0.1) is 11.3 Å². The van der Waals surface area contributed by atoms with E-state index in [-0.39, 0.29) is 0 Å². The summed E-state index contributed by atoms with van der Waals surface area (Å²) in [6, 6.07) is 0. The van der Waals surface area contributed by atoms with Gasteiger partial charge in [0.2, 0.25) is 0 Å². The molecule has 3 nitrogen and oxygen atoms in total. The van der Waals surface area contributed by atoms with Crippen molar-refractivity contribution in [2.45, 2.75) is 46.0 Å². The molecule has 0 radical (unpaired) electrons. The van der Waals surface area contributed by atoms with Crippen molar-refractivity contribution in [3.8, 4) is 0 Å². The highest BCUT2D eigenvalue weighted by Crippen LogP contribution is 2.42. The van der Waals surface area contributed by atoms with Gasteiger partial charge in [-0.15, -0.1) is 0 Å². The van der Waals surface area contributed by atoms with Gasteiger partial charge in [0.1, 0.15) is 0 Å². The highest BCUT2D eigenvalue weighted by molar-refractivity contribution is 5.79. The average Bonchev–Trinajstić information content (AvgIpc) is 2.60. The summed E-state index contributed by atoms with van der Waals surface area (Å²) in [5.74, 6) is -0.180. The fourth-order valence-electron chi connectivity index (χ4n) is 2.85. The van der Waals surface area contributed by atoms with Crippen LogP contribution in [0.5, 0.6) is 0 Å². The number of carboxylic acid groups (broad SMARTS) is 1. The van der Waals surface area contributed by atoms with Crippen LogP contribution in [0.1, 0.15) is 46.0 Å². The van der Waals surface area contributed by atoms with E-state index >= 15 is 0 Å². The maximum atomic E-state index is 10.3. The van der Waals surface area contributed by atoms with Crippen molar-refractivity contribution in [3.63, 3.8) is 0 Å². The second kappa shape index (κ2) is 5.92. The van der Waals surface area contributed by atoms with Crippen LogP contribution < -0.4 is 5.32 Å². The molecule has 3 heteroatoms. The van der Waals surface area contributed by atoms with Gasteiger partial charge in [-0.25, -0.2) is 4.79 Å². The highest BCUT2D eigenvalue weighted by atomic mass is 16.4. The van der Waals surface area contributed by atoms with Crippen LogP contribution in [0.15, 0.2) is 12.3 Å². The van der Waals surface area contributed by atoms with E-state index in [1.54, 1.807) is 6.20 Å². The molecule has 0 aromatic rings. The summed E-state index contributed by atoms with van der Waals surface area (Å²) < 4.78 is 0. The molecule has 1 rings (SSSR count). The molecule has 1 aliphatic carbocycles. The van der Waals surface area contributed by atoms with E-state index in [0.717, 1.165) is 12.6 Å². The van der Waals surface area contributed by atoms with E-state index in [4.69, 9.17) is 5.11 Å². The topological polar surface area (TPSA) is 49.3 Å². The number of rotatable bonds is 6. The number of hydrogen-bond acceptors (Lipinski definition) is 2. The predicted octanol–water partition coefficient (Wildman–Crippen LogP) is 2.78. The number of carbonyl (C=O) groups is 1. The van der Waals surface area contributed by atoms with Crippen molar-refractivity contribution >= 4 is 5.97 Å². The third kappa shape index (κ3) is 4.25. The third-order valence-corrected chi connectivity index (χ3v) is 3.33. The molecule has 0 aromatic carbocycles. The maximum absolute atomic E-state index is 10.3. The second-order valence-corrected chi connectivity index (χ2v) is 5.36. The summed E-state index contributed by atoms with van der Waals surface area (Å²) in [4.78, 5) is 10.3. The lowest BCUT2D eigenvalue weighted by Gasteiger charge is -2.30. The monoisotopic (exact) mass is 225 g/mol. The zero-order valence-corrected chi connectivity index (χ0v) is 10.3. The van der Waals surface area contributed by atoms with E-state index in [9.17, 15) is 4.79 Å². The van der Waals surface area contributed by atoms with Crippen molar-refractivity contribution in [1.82, 2.24) is 5.32 Å². The number of hydrogen-bond donors (Lipinski definition) is 2.